The summed E-state index contributed by atoms with van der Waals surface area (Å²) in [7, 11) is 1.32. The Kier molecular flexibility index (Phi) is 63.3. The number of hydrogen-bond acceptors (Lipinski definition) is 6. The van der Waals surface area contributed by atoms with Crippen LogP contribution in [0.3, 0.4) is 0 Å². The van der Waals surface area contributed by atoms with Crippen molar-refractivity contribution in [2.45, 2.75) is 366 Å². The molecule has 3 unspecified atom stereocenters. The summed E-state index contributed by atoms with van der Waals surface area (Å²) < 4.78 is 23.5. The van der Waals surface area contributed by atoms with Gasteiger partial charge >= 0.3 is 0 Å². The maximum absolute atomic E-state index is 13.1. The van der Waals surface area contributed by atoms with Crippen LogP contribution in [0, 0.1) is 0 Å². The largest absolute Gasteiger partial charge is 0.756 e. The number of nitrogens with one attached hydrogen (secondary N) is 1. The monoisotopic (exact) mass is 1190 g/mol. The standard InChI is InChI=1S/C74H141N2O6P/c1-6-8-10-12-14-16-18-20-22-24-26-28-29-30-31-32-33-34-35-36-37-38-39-40-41-42-43-44-45-46-47-48-50-52-54-56-58-60-62-64-66-68-74(78)75-72(71-82-83(79,80)81-70-69-76(3,4)5)73(77)67-65-63-61-59-57-55-53-51-49-27-25-23-21-19-17-15-13-11-9-7-2/h8,10,14,16,20,22,26,28,30-31,72-73,77H,6-7,9,11-13,15,17-19,21,23-25,27,29,32-71H2,1-5H3,(H-,75,78,79,80)/b10-8-,16-14-,22-20-,28-26-,31-30-. The van der Waals surface area contributed by atoms with Crippen LogP contribution in [0.4, 0.5) is 0 Å². The van der Waals surface area contributed by atoms with Gasteiger partial charge in [0.25, 0.3) is 7.82 Å². The lowest BCUT2D eigenvalue weighted by atomic mass is 10.0. The van der Waals surface area contributed by atoms with E-state index in [1.165, 1.54) is 257 Å². The van der Waals surface area contributed by atoms with Crippen LogP contribution in [-0.2, 0) is 18.4 Å². The van der Waals surface area contributed by atoms with E-state index in [-0.39, 0.29) is 19.1 Å². The van der Waals surface area contributed by atoms with Gasteiger partial charge in [0.1, 0.15) is 13.2 Å². The number of likely N-dealkylation sites (N-methyl/N-ethyl adjacent to an activating group) is 1. The van der Waals surface area contributed by atoms with Crippen LogP contribution in [0.2, 0.25) is 0 Å². The third-order valence-electron chi connectivity index (χ3n) is 16.5. The number of carbonyl (C=O) groups is 1. The fourth-order valence-electron chi connectivity index (χ4n) is 11.0. The number of unbranched alkanes of at least 4 members (excludes halogenated alkanes) is 44. The molecule has 0 rings (SSSR count). The predicted molar refractivity (Wildman–Crippen MR) is 362 cm³/mol. The second-order valence-corrected chi connectivity index (χ2v) is 27.3. The average Bonchev–Trinajstić information content (AvgIpc) is 3.49. The summed E-state index contributed by atoms with van der Waals surface area (Å²) in [6.45, 7) is 4.66. The number of nitrogens with zero attached hydrogens (tertiary/aromatic N) is 1. The van der Waals surface area contributed by atoms with Gasteiger partial charge in [0, 0.05) is 6.42 Å². The molecule has 0 spiro atoms. The number of allylic oxidation sites excluding steroid dienone is 10. The van der Waals surface area contributed by atoms with Gasteiger partial charge in [-0.2, -0.15) is 0 Å². The summed E-state index contributed by atoms with van der Waals surface area (Å²) in [4.78, 5) is 25.7. The first-order valence-electron chi connectivity index (χ1n) is 36.1. The van der Waals surface area contributed by atoms with Gasteiger partial charge < -0.3 is 28.8 Å². The van der Waals surface area contributed by atoms with E-state index in [4.69, 9.17) is 9.05 Å². The van der Waals surface area contributed by atoms with Crippen molar-refractivity contribution < 1.29 is 32.9 Å². The molecular weight excluding hydrogens is 1040 g/mol. The minimum absolute atomic E-state index is 0.0141. The van der Waals surface area contributed by atoms with Gasteiger partial charge in [0.05, 0.1) is 39.9 Å². The highest BCUT2D eigenvalue weighted by atomic mass is 31.2. The molecule has 488 valence electrons. The number of carbonyl (C=O) groups excluding carboxylic acids is 1. The molecule has 0 aromatic rings. The SMILES string of the molecule is CC/C=C\C/C=C\C/C=C\C/C=C\C/C=C\CCCCCCCCCCCCCCCCCCCCCCCCCCCC(=O)NC(COP(=O)([O-])OCC[N+](C)(C)C)C(O)CCCCCCCCCCCCCCCCCCCCCC. The Labute approximate surface area is 517 Å². The fourth-order valence-corrected chi connectivity index (χ4v) is 11.7. The average molecular weight is 1190 g/mol. The maximum Gasteiger partial charge on any atom is 0.268 e. The summed E-state index contributed by atoms with van der Waals surface area (Å²) in [5.41, 5.74) is 0. The van der Waals surface area contributed by atoms with Crippen molar-refractivity contribution in [2.75, 3.05) is 40.9 Å². The van der Waals surface area contributed by atoms with E-state index >= 15 is 0 Å². The van der Waals surface area contributed by atoms with Crippen LogP contribution in [0.5, 0.6) is 0 Å². The Hall–Kier alpha value is -1.80. The van der Waals surface area contributed by atoms with Gasteiger partial charge in [0.15, 0.2) is 0 Å². The van der Waals surface area contributed by atoms with Crippen LogP contribution in [0.1, 0.15) is 354 Å². The van der Waals surface area contributed by atoms with E-state index in [0.29, 0.717) is 23.9 Å². The first-order chi connectivity index (χ1) is 40.5. The first kappa shape index (κ1) is 81.2. The molecule has 0 heterocycles. The van der Waals surface area contributed by atoms with Crippen LogP contribution in [-0.4, -0.2) is 68.5 Å². The zero-order chi connectivity index (χ0) is 60.5. The number of aliphatic hydroxyl groups is 1. The van der Waals surface area contributed by atoms with Crippen molar-refractivity contribution >= 4 is 13.7 Å². The minimum atomic E-state index is -4.58. The minimum Gasteiger partial charge on any atom is -0.756 e. The normalized spacial score (nSPS) is 14.0. The molecule has 0 aliphatic heterocycles. The van der Waals surface area contributed by atoms with Gasteiger partial charge in [0.2, 0.25) is 5.91 Å². The van der Waals surface area contributed by atoms with Crippen LogP contribution in [0.15, 0.2) is 60.8 Å². The lowest BCUT2D eigenvalue weighted by Gasteiger charge is -2.30. The van der Waals surface area contributed by atoms with Crippen LogP contribution >= 0.6 is 7.82 Å². The molecule has 0 saturated carbocycles. The molecular formula is C74H141N2O6P. The molecule has 0 fully saturated rings. The van der Waals surface area contributed by atoms with E-state index in [9.17, 15) is 19.4 Å². The zero-order valence-electron chi connectivity index (χ0n) is 55.9. The molecule has 0 aliphatic carbocycles. The van der Waals surface area contributed by atoms with E-state index in [1.54, 1.807) is 0 Å². The molecule has 0 aromatic heterocycles. The van der Waals surface area contributed by atoms with E-state index in [1.807, 2.05) is 21.1 Å². The van der Waals surface area contributed by atoms with Crippen molar-refractivity contribution in [3.63, 3.8) is 0 Å². The summed E-state index contributed by atoms with van der Waals surface area (Å²) in [5, 5.41) is 14.1. The van der Waals surface area contributed by atoms with Crippen molar-refractivity contribution in [1.29, 1.82) is 0 Å². The molecule has 8 nitrogen and oxygen atoms in total. The molecule has 83 heavy (non-hydrogen) atoms. The second kappa shape index (κ2) is 64.7. The Morgan fingerprint density at radius 2 is 0.735 bits per heavy atom. The number of phosphoric ester groups is 1. The van der Waals surface area contributed by atoms with Crippen molar-refractivity contribution in [2.24, 2.45) is 0 Å². The van der Waals surface area contributed by atoms with Gasteiger partial charge in [-0.15, -0.1) is 0 Å². The van der Waals surface area contributed by atoms with Crippen molar-refractivity contribution in [3.8, 4) is 0 Å². The number of hydrogen-bond donors (Lipinski definition) is 2. The van der Waals surface area contributed by atoms with Crippen molar-refractivity contribution in [3.05, 3.63) is 60.8 Å². The molecule has 0 radical (unpaired) electrons. The van der Waals surface area contributed by atoms with Gasteiger partial charge in [-0.1, -0.05) is 351 Å². The quantitative estimate of drug-likeness (QED) is 0.0272. The number of aliphatic hydroxyl groups excluding tert-OH is 1. The summed E-state index contributed by atoms with van der Waals surface area (Å²) in [6, 6.07) is -0.800. The zero-order valence-corrected chi connectivity index (χ0v) is 56.8. The predicted octanol–water partition coefficient (Wildman–Crippen LogP) is 22.5. The molecule has 0 aliphatic rings. The lowest BCUT2D eigenvalue weighted by Crippen LogP contribution is -2.46. The van der Waals surface area contributed by atoms with Gasteiger partial charge in [-0.05, 0) is 57.8 Å². The molecule has 9 heteroatoms. The second-order valence-electron chi connectivity index (χ2n) is 25.9. The third kappa shape index (κ3) is 67.6. The number of phosphoric acid groups is 1. The smallest absolute Gasteiger partial charge is 0.268 e. The molecule has 0 bridgehead atoms. The Bertz CT molecular complexity index is 1540. The molecule has 0 saturated heterocycles. The fraction of sp³-hybridized carbons (Fsp3) is 0.851. The van der Waals surface area contributed by atoms with Gasteiger partial charge in [-0.3, -0.25) is 9.36 Å². The Morgan fingerprint density at radius 1 is 0.434 bits per heavy atom. The Morgan fingerprint density at radius 3 is 1.07 bits per heavy atom. The third-order valence-corrected chi connectivity index (χ3v) is 17.5. The number of amides is 1. The highest BCUT2D eigenvalue weighted by molar-refractivity contribution is 7.45. The molecule has 0 aromatic carbocycles. The topological polar surface area (TPSA) is 108 Å². The van der Waals surface area contributed by atoms with Gasteiger partial charge in [-0.25, -0.2) is 0 Å². The van der Waals surface area contributed by atoms with Crippen LogP contribution < -0.4 is 10.2 Å². The number of quaternary nitrogens is 1. The van der Waals surface area contributed by atoms with E-state index in [2.05, 4.69) is 79.9 Å². The molecule has 2 N–H and O–H groups in total. The lowest BCUT2D eigenvalue weighted by molar-refractivity contribution is -0.870. The molecule has 3 atom stereocenters. The Balaban J connectivity index is 3.89. The van der Waals surface area contributed by atoms with Crippen molar-refractivity contribution in [1.82, 2.24) is 5.32 Å². The first-order valence-corrected chi connectivity index (χ1v) is 37.6. The van der Waals surface area contributed by atoms with E-state index < -0.39 is 20.0 Å². The molecule has 1 amide bonds. The summed E-state index contributed by atoms with van der Waals surface area (Å²) in [6.07, 6.45) is 88.8. The number of rotatable bonds is 67. The summed E-state index contributed by atoms with van der Waals surface area (Å²) in [5.74, 6) is -0.157. The highest BCUT2D eigenvalue weighted by Crippen LogP contribution is 2.38. The highest BCUT2D eigenvalue weighted by Gasteiger charge is 2.24. The summed E-state index contributed by atoms with van der Waals surface area (Å²) >= 11 is 0. The van der Waals surface area contributed by atoms with Crippen LogP contribution in [0.25, 0.3) is 0 Å². The maximum atomic E-state index is 13.1. The van der Waals surface area contributed by atoms with E-state index in [0.717, 1.165) is 70.6 Å².